The number of hydrogen-bond acceptors (Lipinski definition) is 5. The van der Waals surface area contributed by atoms with Gasteiger partial charge >= 0.3 is 11.9 Å². The maximum Gasteiger partial charge on any atom is 0.336 e. The lowest BCUT2D eigenvalue weighted by molar-refractivity contribution is -0.136. The van der Waals surface area contributed by atoms with Gasteiger partial charge in [0.25, 0.3) is 0 Å². The molecular formula is C10H11NO4. The van der Waals surface area contributed by atoms with Crippen LogP contribution in [0.4, 0.5) is 0 Å². The van der Waals surface area contributed by atoms with Crippen molar-refractivity contribution in [2.45, 2.75) is 13.3 Å². The maximum atomic E-state index is 11.4. The molecule has 0 spiro atoms. The van der Waals surface area contributed by atoms with Gasteiger partial charge in [0.2, 0.25) is 0 Å². The van der Waals surface area contributed by atoms with Gasteiger partial charge in [-0.1, -0.05) is 0 Å². The third kappa shape index (κ3) is 1.49. The van der Waals surface area contributed by atoms with Gasteiger partial charge in [-0.25, -0.2) is 9.59 Å². The van der Waals surface area contributed by atoms with Crippen LogP contribution in [0.25, 0.3) is 0 Å². The van der Waals surface area contributed by atoms with Crippen LogP contribution in [0, 0.1) is 0 Å². The van der Waals surface area contributed by atoms with E-state index < -0.39 is 5.97 Å². The van der Waals surface area contributed by atoms with Gasteiger partial charge < -0.3 is 14.8 Å². The summed E-state index contributed by atoms with van der Waals surface area (Å²) in [5.74, 6) is -0.766. The molecule has 0 bridgehead atoms. The summed E-state index contributed by atoms with van der Waals surface area (Å²) in [7, 11) is 1.32. The molecule has 2 rings (SSSR count). The topological polar surface area (TPSA) is 64.6 Å². The van der Waals surface area contributed by atoms with Crippen LogP contribution in [-0.2, 0) is 19.1 Å². The first-order chi connectivity index (χ1) is 7.13. The molecule has 0 fully saturated rings. The Morgan fingerprint density at radius 1 is 1.53 bits per heavy atom. The van der Waals surface area contributed by atoms with E-state index in [1.54, 1.807) is 6.92 Å². The standard InChI is InChI=1S/C10H11NO4/c1-5-6(9(12)14-2)3-7-8(11-5)4-15-10(7)13/h11H,3-4H2,1-2H3. The van der Waals surface area contributed by atoms with Crippen molar-refractivity contribution in [1.82, 2.24) is 5.32 Å². The minimum Gasteiger partial charge on any atom is -0.466 e. The van der Waals surface area contributed by atoms with Gasteiger partial charge in [0.1, 0.15) is 6.61 Å². The van der Waals surface area contributed by atoms with Gasteiger partial charge in [-0.15, -0.1) is 0 Å². The summed E-state index contributed by atoms with van der Waals surface area (Å²) in [5, 5.41) is 2.99. The van der Waals surface area contributed by atoms with Gasteiger partial charge in [0.05, 0.1) is 24.0 Å². The molecule has 0 aromatic heterocycles. The average Bonchev–Trinajstić information content (AvgIpc) is 2.58. The second-order valence-electron chi connectivity index (χ2n) is 3.43. The lowest BCUT2D eigenvalue weighted by atomic mass is 9.99. The lowest BCUT2D eigenvalue weighted by Gasteiger charge is -2.17. The summed E-state index contributed by atoms with van der Waals surface area (Å²) in [4.78, 5) is 22.7. The predicted octanol–water partition coefficient (Wildman–Crippen LogP) is 0.238. The Labute approximate surface area is 86.7 Å². The fourth-order valence-corrected chi connectivity index (χ4v) is 1.69. The Bertz CT molecular complexity index is 406. The molecule has 5 nitrogen and oxygen atoms in total. The second-order valence-corrected chi connectivity index (χ2v) is 3.43. The van der Waals surface area contributed by atoms with Crippen LogP contribution in [-0.4, -0.2) is 25.7 Å². The Morgan fingerprint density at radius 3 is 2.93 bits per heavy atom. The first kappa shape index (κ1) is 9.76. The predicted molar refractivity (Wildman–Crippen MR) is 50.5 cm³/mol. The number of dihydropyridines is 1. The average molecular weight is 209 g/mol. The maximum absolute atomic E-state index is 11.4. The highest BCUT2D eigenvalue weighted by atomic mass is 16.5. The Morgan fingerprint density at radius 2 is 2.27 bits per heavy atom. The van der Waals surface area contributed by atoms with Crippen LogP contribution in [0.1, 0.15) is 13.3 Å². The van der Waals surface area contributed by atoms with Crippen molar-refractivity contribution in [2.75, 3.05) is 13.7 Å². The third-order valence-corrected chi connectivity index (χ3v) is 2.53. The normalized spacial score (nSPS) is 19.7. The molecular weight excluding hydrogens is 198 g/mol. The van der Waals surface area contributed by atoms with Crippen LogP contribution in [0.5, 0.6) is 0 Å². The molecule has 2 aliphatic rings. The van der Waals surface area contributed by atoms with Crippen LogP contribution < -0.4 is 5.32 Å². The first-order valence-electron chi connectivity index (χ1n) is 4.57. The van der Waals surface area contributed by atoms with Gasteiger partial charge in [-0.3, -0.25) is 0 Å². The van der Waals surface area contributed by atoms with Crippen molar-refractivity contribution in [2.24, 2.45) is 0 Å². The van der Waals surface area contributed by atoms with Crippen molar-refractivity contribution in [1.29, 1.82) is 0 Å². The summed E-state index contributed by atoms with van der Waals surface area (Å²) in [6.07, 6.45) is 0.291. The van der Waals surface area contributed by atoms with E-state index in [1.807, 2.05) is 0 Å². The van der Waals surface area contributed by atoms with E-state index >= 15 is 0 Å². The molecule has 15 heavy (non-hydrogen) atoms. The van der Waals surface area contributed by atoms with Crippen LogP contribution in [0.3, 0.4) is 0 Å². The summed E-state index contributed by atoms with van der Waals surface area (Å²) < 4.78 is 9.49. The van der Waals surface area contributed by atoms with Crippen molar-refractivity contribution >= 4 is 11.9 Å². The number of hydrogen-bond donors (Lipinski definition) is 1. The number of nitrogens with one attached hydrogen (secondary N) is 1. The van der Waals surface area contributed by atoms with Crippen molar-refractivity contribution in [3.05, 3.63) is 22.5 Å². The van der Waals surface area contributed by atoms with Crippen LogP contribution >= 0.6 is 0 Å². The summed E-state index contributed by atoms with van der Waals surface area (Å²) in [6.45, 7) is 2.04. The Kier molecular flexibility index (Phi) is 2.22. The lowest BCUT2D eigenvalue weighted by Crippen LogP contribution is -2.24. The highest BCUT2D eigenvalue weighted by Gasteiger charge is 2.32. The second kappa shape index (κ2) is 3.42. The molecule has 0 aromatic rings. The van der Waals surface area contributed by atoms with E-state index in [4.69, 9.17) is 4.74 Å². The highest BCUT2D eigenvalue weighted by Crippen LogP contribution is 2.28. The number of methoxy groups -OCH3 is 1. The number of esters is 2. The highest BCUT2D eigenvalue weighted by molar-refractivity contribution is 5.97. The summed E-state index contributed by atoms with van der Waals surface area (Å²) in [5.41, 5.74) is 2.49. The number of cyclic esters (lactones) is 1. The van der Waals surface area contributed by atoms with Crippen molar-refractivity contribution in [3.63, 3.8) is 0 Å². The van der Waals surface area contributed by atoms with Gasteiger partial charge in [0, 0.05) is 12.1 Å². The molecule has 5 heteroatoms. The molecule has 0 saturated carbocycles. The number of carbonyl (C=O) groups excluding carboxylic acids is 2. The quantitative estimate of drug-likeness (QED) is 0.626. The van der Waals surface area contributed by atoms with Gasteiger partial charge in [0.15, 0.2) is 0 Å². The molecule has 0 saturated heterocycles. The Hall–Kier alpha value is -1.78. The zero-order valence-corrected chi connectivity index (χ0v) is 8.55. The molecule has 2 heterocycles. The van der Waals surface area contributed by atoms with Crippen molar-refractivity contribution < 1.29 is 19.1 Å². The van der Waals surface area contributed by atoms with E-state index in [9.17, 15) is 9.59 Å². The largest absolute Gasteiger partial charge is 0.466 e. The first-order valence-corrected chi connectivity index (χ1v) is 4.57. The number of carbonyl (C=O) groups is 2. The molecule has 0 amide bonds. The molecule has 1 N–H and O–H groups in total. The smallest absolute Gasteiger partial charge is 0.336 e. The van der Waals surface area contributed by atoms with Gasteiger partial charge in [-0.2, -0.15) is 0 Å². The molecule has 0 aromatic carbocycles. The van der Waals surface area contributed by atoms with E-state index in [-0.39, 0.29) is 12.6 Å². The molecule has 0 aliphatic carbocycles. The molecule has 0 atom stereocenters. The SMILES string of the molecule is COC(=O)C1=C(C)NC2=C(C1)C(=O)OC2. The van der Waals surface area contributed by atoms with E-state index in [1.165, 1.54) is 7.11 Å². The summed E-state index contributed by atoms with van der Waals surface area (Å²) >= 11 is 0. The number of allylic oxidation sites excluding steroid dienone is 1. The van der Waals surface area contributed by atoms with E-state index in [0.717, 1.165) is 11.4 Å². The van der Waals surface area contributed by atoms with Gasteiger partial charge in [-0.05, 0) is 6.92 Å². The monoisotopic (exact) mass is 209 g/mol. The minimum absolute atomic E-state index is 0.264. The third-order valence-electron chi connectivity index (χ3n) is 2.53. The zero-order chi connectivity index (χ0) is 11.0. The Balaban J connectivity index is 2.27. The van der Waals surface area contributed by atoms with Crippen LogP contribution in [0.2, 0.25) is 0 Å². The zero-order valence-electron chi connectivity index (χ0n) is 8.55. The summed E-state index contributed by atoms with van der Waals surface area (Å²) in [6, 6.07) is 0. The minimum atomic E-state index is -0.411. The number of ether oxygens (including phenoxy) is 2. The fraction of sp³-hybridized carbons (Fsp3) is 0.400. The van der Waals surface area contributed by atoms with E-state index in [2.05, 4.69) is 10.1 Å². The fourth-order valence-electron chi connectivity index (χ4n) is 1.69. The molecule has 2 aliphatic heterocycles. The van der Waals surface area contributed by atoms with Crippen molar-refractivity contribution in [3.8, 4) is 0 Å². The molecule has 0 unspecified atom stereocenters. The van der Waals surface area contributed by atoms with Crippen LogP contribution in [0.15, 0.2) is 22.5 Å². The molecule has 0 radical (unpaired) electrons. The van der Waals surface area contributed by atoms with E-state index in [0.29, 0.717) is 17.6 Å². The molecule has 80 valence electrons. The number of rotatable bonds is 1.